The van der Waals surface area contributed by atoms with Gasteiger partial charge in [-0.15, -0.1) is 0 Å². The maximum atomic E-state index is 13.1. The molecule has 26 heavy (non-hydrogen) atoms. The number of benzene rings is 1. The third-order valence-corrected chi connectivity index (χ3v) is 8.34. The highest BCUT2D eigenvalue weighted by Gasteiger charge is 2.50. The van der Waals surface area contributed by atoms with Gasteiger partial charge in [-0.2, -0.15) is 0 Å². The Labute approximate surface area is 156 Å². The van der Waals surface area contributed by atoms with Crippen LogP contribution in [0.1, 0.15) is 50.5 Å². The molecule has 1 aliphatic carbocycles. The Balaban J connectivity index is 1.58. The summed E-state index contributed by atoms with van der Waals surface area (Å²) in [5.41, 5.74) is 1.15. The minimum absolute atomic E-state index is 0.0524. The summed E-state index contributed by atoms with van der Waals surface area (Å²) in [4.78, 5) is 15.2. The smallest absolute Gasteiger partial charge is 0.230 e. The Morgan fingerprint density at radius 1 is 1.12 bits per heavy atom. The van der Waals surface area contributed by atoms with Gasteiger partial charge in [0.2, 0.25) is 15.9 Å². The number of sulfonamides is 1. The Morgan fingerprint density at radius 2 is 1.77 bits per heavy atom. The normalized spacial score (nSPS) is 27.0. The molecule has 2 saturated heterocycles. The fraction of sp³-hybridized carbons (Fsp3) is 0.650. The van der Waals surface area contributed by atoms with Crippen molar-refractivity contribution >= 4 is 15.9 Å². The van der Waals surface area contributed by atoms with Gasteiger partial charge in [0, 0.05) is 25.7 Å². The predicted octanol–water partition coefficient (Wildman–Crippen LogP) is 2.60. The minimum atomic E-state index is -3.12. The van der Waals surface area contributed by atoms with Gasteiger partial charge in [-0.3, -0.25) is 4.79 Å². The van der Waals surface area contributed by atoms with Crippen LogP contribution in [0.25, 0.3) is 0 Å². The molecular weight excluding hydrogens is 348 g/mol. The van der Waals surface area contributed by atoms with Crippen LogP contribution in [-0.2, 0) is 14.8 Å². The van der Waals surface area contributed by atoms with Crippen molar-refractivity contribution < 1.29 is 13.2 Å². The molecule has 3 fully saturated rings. The standard InChI is InChI=1S/C20H28N2O3S/c1-2-26(24,25)21-12-10-20(11-13-21)14-18(16-6-4-3-5-7-16)19(23)22(15-20)17-8-9-17/h3-7,17-18H,2,8-15H2,1H3/t18-/m0/s1. The molecule has 1 atom stereocenters. The van der Waals surface area contributed by atoms with Crippen molar-refractivity contribution in [3.63, 3.8) is 0 Å². The third kappa shape index (κ3) is 3.29. The first kappa shape index (κ1) is 18.0. The van der Waals surface area contributed by atoms with E-state index in [1.165, 1.54) is 0 Å². The van der Waals surface area contributed by atoms with Crippen molar-refractivity contribution in [1.29, 1.82) is 0 Å². The first-order chi connectivity index (χ1) is 12.4. The Morgan fingerprint density at radius 3 is 2.35 bits per heavy atom. The number of hydrogen-bond acceptors (Lipinski definition) is 3. The van der Waals surface area contributed by atoms with Gasteiger partial charge in [0.25, 0.3) is 0 Å². The molecule has 6 heteroatoms. The van der Waals surface area contributed by atoms with Gasteiger partial charge in [0.05, 0.1) is 11.7 Å². The zero-order valence-corrected chi connectivity index (χ0v) is 16.2. The van der Waals surface area contributed by atoms with E-state index in [1.807, 2.05) is 18.2 Å². The molecule has 0 aromatic heterocycles. The van der Waals surface area contributed by atoms with Crippen molar-refractivity contribution in [1.82, 2.24) is 9.21 Å². The summed E-state index contributed by atoms with van der Waals surface area (Å²) in [6.45, 7) is 3.69. The summed E-state index contributed by atoms with van der Waals surface area (Å²) in [5, 5.41) is 0. The van der Waals surface area contributed by atoms with Crippen LogP contribution < -0.4 is 0 Å². The number of likely N-dealkylation sites (tertiary alicyclic amines) is 1. The largest absolute Gasteiger partial charge is 0.339 e. The molecule has 2 heterocycles. The predicted molar refractivity (Wildman–Crippen MR) is 101 cm³/mol. The summed E-state index contributed by atoms with van der Waals surface area (Å²) in [7, 11) is -3.12. The Hall–Kier alpha value is -1.40. The molecule has 1 aromatic rings. The second kappa shape index (κ2) is 6.64. The first-order valence-electron chi connectivity index (χ1n) is 9.77. The summed E-state index contributed by atoms with van der Waals surface area (Å²) >= 11 is 0. The molecule has 1 spiro atoms. The van der Waals surface area contributed by atoms with Crippen molar-refractivity contribution in [2.45, 2.75) is 51.0 Å². The molecule has 0 unspecified atom stereocenters. The fourth-order valence-electron chi connectivity index (χ4n) is 4.65. The molecule has 0 radical (unpaired) electrons. The quantitative estimate of drug-likeness (QED) is 0.812. The third-order valence-electron chi connectivity index (χ3n) is 6.45. The summed E-state index contributed by atoms with van der Waals surface area (Å²) < 4.78 is 26.1. The van der Waals surface area contributed by atoms with E-state index in [2.05, 4.69) is 17.0 Å². The van der Waals surface area contributed by atoms with Crippen molar-refractivity contribution in [3.05, 3.63) is 35.9 Å². The van der Waals surface area contributed by atoms with Gasteiger partial charge in [-0.1, -0.05) is 30.3 Å². The fourth-order valence-corrected chi connectivity index (χ4v) is 5.75. The van der Waals surface area contributed by atoms with E-state index in [0.717, 1.165) is 44.2 Å². The maximum absolute atomic E-state index is 13.1. The van der Waals surface area contributed by atoms with Crippen LogP contribution in [0.15, 0.2) is 30.3 Å². The van der Waals surface area contributed by atoms with E-state index in [1.54, 1.807) is 11.2 Å². The number of nitrogens with zero attached hydrogens (tertiary/aromatic N) is 2. The Bertz CT molecular complexity index is 766. The number of hydrogen-bond donors (Lipinski definition) is 0. The van der Waals surface area contributed by atoms with E-state index >= 15 is 0 Å². The monoisotopic (exact) mass is 376 g/mol. The van der Waals surface area contributed by atoms with Crippen LogP contribution >= 0.6 is 0 Å². The lowest BCUT2D eigenvalue weighted by molar-refractivity contribution is -0.142. The second-order valence-electron chi connectivity index (χ2n) is 8.16. The number of carbonyl (C=O) groups is 1. The zero-order chi connectivity index (χ0) is 18.4. The Kier molecular flexibility index (Phi) is 4.59. The second-order valence-corrected chi connectivity index (χ2v) is 10.4. The van der Waals surface area contributed by atoms with E-state index in [9.17, 15) is 13.2 Å². The average Bonchev–Trinajstić information content (AvgIpc) is 3.50. The van der Waals surface area contributed by atoms with Gasteiger partial charge in [0.15, 0.2) is 0 Å². The van der Waals surface area contributed by atoms with Gasteiger partial charge >= 0.3 is 0 Å². The highest BCUT2D eigenvalue weighted by molar-refractivity contribution is 7.89. The molecule has 0 N–H and O–H groups in total. The first-order valence-corrected chi connectivity index (χ1v) is 11.4. The lowest BCUT2D eigenvalue weighted by Gasteiger charge is -2.49. The van der Waals surface area contributed by atoms with Crippen LogP contribution in [0.4, 0.5) is 0 Å². The van der Waals surface area contributed by atoms with E-state index in [-0.39, 0.29) is 23.0 Å². The van der Waals surface area contributed by atoms with Crippen LogP contribution in [0.3, 0.4) is 0 Å². The number of carbonyl (C=O) groups excluding carboxylic acids is 1. The molecular formula is C20H28N2O3S. The SMILES string of the molecule is CCS(=O)(=O)N1CCC2(CC1)C[C@@H](c1ccccc1)C(=O)N(C1CC1)C2. The maximum Gasteiger partial charge on any atom is 0.230 e. The molecule has 1 saturated carbocycles. The van der Waals surface area contributed by atoms with Crippen LogP contribution in [-0.4, -0.2) is 55.0 Å². The number of amides is 1. The lowest BCUT2D eigenvalue weighted by Crippen LogP contribution is -2.55. The molecule has 0 bridgehead atoms. The average molecular weight is 377 g/mol. The number of rotatable bonds is 4. The summed E-state index contributed by atoms with van der Waals surface area (Å²) in [5.74, 6) is 0.354. The van der Waals surface area contributed by atoms with Crippen LogP contribution in [0.5, 0.6) is 0 Å². The number of piperidine rings is 2. The lowest BCUT2D eigenvalue weighted by atomic mass is 9.68. The van der Waals surface area contributed by atoms with E-state index in [4.69, 9.17) is 0 Å². The van der Waals surface area contributed by atoms with Crippen LogP contribution in [0, 0.1) is 5.41 Å². The van der Waals surface area contributed by atoms with Crippen LogP contribution in [0.2, 0.25) is 0 Å². The summed E-state index contributed by atoms with van der Waals surface area (Å²) in [6, 6.07) is 10.5. The molecule has 4 rings (SSSR count). The molecule has 1 aromatic carbocycles. The highest BCUT2D eigenvalue weighted by atomic mass is 32.2. The highest BCUT2D eigenvalue weighted by Crippen LogP contribution is 2.48. The van der Waals surface area contributed by atoms with E-state index < -0.39 is 10.0 Å². The molecule has 142 valence electrons. The topological polar surface area (TPSA) is 57.7 Å². The van der Waals surface area contributed by atoms with Crippen molar-refractivity contribution in [2.75, 3.05) is 25.4 Å². The zero-order valence-electron chi connectivity index (χ0n) is 15.4. The van der Waals surface area contributed by atoms with Gasteiger partial charge in [0.1, 0.15) is 0 Å². The summed E-state index contributed by atoms with van der Waals surface area (Å²) in [6.07, 6.45) is 4.77. The van der Waals surface area contributed by atoms with Crippen molar-refractivity contribution in [2.24, 2.45) is 5.41 Å². The van der Waals surface area contributed by atoms with Gasteiger partial charge < -0.3 is 4.90 Å². The van der Waals surface area contributed by atoms with Crippen molar-refractivity contribution in [3.8, 4) is 0 Å². The molecule has 5 nitrogen and oxygen atoms in total. The minimum Gasteiger partial charge on any atom is -0.339 e. The molecule has 2 aliphatic heterocycles. The van der Waals surface area contributed by atoms with E-state index in [0.29, 0.717) is 19.1 Å². The molecule has 1 amide bonds. The molecule has 3 aliphatic rings. The van der Waals surface area contributed by atoms with Gasteiger partial charge in [-0.05, 0) is 50.0 Å². The van der Waals surface area contributed by atoms with Gasteiger partial charge in [-0.25, -0.2) is 12.7 Å².